The number of rotatable bonds is 3. The third kappa shape index (κ3) is 3.97. The Morgan fingerprint density at radius 2 is 1.83 bits per heavy atom. The second kappa shape index (κ2) is 7.23. The van der Waals surface area contributed by atoms with Gasteiger partial charge in [-0.25, -0.2) is 9.59 Å². The summed E-state index contributed by atoms with van der Waals surface area (Å²) in [6.07, 6.45) is 0.910. The Morgan fingerprint density at radius 1 is 1.08 bits per heavy atom. The maximum absolute atomic E-state index is 12.0. The van der Waals surface area contributed by atoms with Crippen molar-refractivity contribution in [1.29, 1.82) is 0 Å². The van der Waals surface area contributed by atoms with Gasteiger partial charge in [0.25, 0.3) is 0 Å². The van der Waals surface area contributed by atoms with Crippen LogP contribution >= 0.6 is 11.6 Å². The van der Waals surface area contributed by atoms with Crippen LogP contribution in [0, 0.1) is 0 Å². The highest BCUT2D eigenvalue weighted by Crippen LogP contribution is 2.20. The predicted octanol–water partition coefficient (Wildman–Crippen LogP) is 3.90. The molecule has 1 saturated heterocycles. The summed E-state index contributed by atoms with van der Waals surface area (Å²) in [5, 5.41) is 8.80. The summed E-state index contributed by atoms with van der Waals surface area (Å²) in [5.74, 6) is 0. The first-order valence-corrected chi connectivity index (χ1v) is 7.98. The lowest BCUT2D eigenvalue weighted by Gasteiger charge is -2.27. The fraction of sp³-hybridized carbons (Fsp3) is 0.176. The number of urea groups is 2. The van der Waals surface area contributed by atoms with Gasteiger partial charge in [0, 0.05) is 35.2 Å². The molecular formula is C17H17ClN4O2. The number of nitrogens with one attached hydrogen (secondary N) is 3. The average molecular weight is 345 g/mol. The molecule has 0 spiro atoms. The molecule has 2 aromatic rings. The SMILES string of the molecule is O=C(Nc1ccc(N2CCCNC2=O)cc1)Nc1cccc(Cl)c1. The lowest BCUT2D eigenvalue weighted by Crippen LogP contribution is -2.46. The molecule has 0 atom stereocenters. The van der Waals surface area contributed by atoms with E-state index in [4.69, 9.17) is 11.6 Å². The van der Waals surface area contributed by atoms with E-state index in [-0.39, 0.29) is 12.1 Å². The van der Waals surface area contributed by atoms with Gasteiger partial charge in [0.1, 0.15) is 0 Å². The molecule has 0 aliphatic carbocycles. The predicted molar refractivity (Wildman–Crippen MR) is 95.9 cm³/mol. The second-order valence-electron chi connectivity index (χ2n) is 5.37. The fourth-order valence-corrected chi connectivity index (χ4v) is 2.65. The number of anilines is 3. The molecule has 2 aromatic carbocycles. The van der Waals surface area contributed by atoms with Crippen molar-refractivity contribution in [2.45, 2.75) is 6.42 Å². The molecule has 7 heteroatoms. The van der Waals surface area contributed by atoms with E-state index in [2.05, 4.69) is 16.0 Å². The summed E-state index contributed by atoms with van der Waals surface area (Å²) in [6, 6.07) is 13.6. The highest BCUT2D eigenvalue weighted by atomic mass is 35.5. The third-order valence-corrected chi connectivity index (χ3v) is 3.83. The van der Waals surface area contributed by atoms with Gasteiger partial charge in [0.05, 0.1) is 0 Å². The quantitative estimate of drug-likeness (QED) is 0.790. The minimum Gasteiger partial charge on any atom is -0.338 e. The van der Waals surface area contributed by atoms with E-state index in [1.165, 1.54) is 0 Å². The molecule has 1 aliphatic heterocycles. The Morgan fingerprint density at radius 3 is 2.54 bits per heavy atom. The van der Waals surface area contributed by atoms with E-state index in [0.717, 1.165) is 12.1 Å². The van der Waals surface area contributed by atoms with Crippen molar-refractivity contribution in [3.8, 4) is 0 Å². The van der Waals surface area contributed by atoms with Crippen LogP contribution in [0.15, 0.2) is 48.5 Å². The molecule has 0 bridgehead atoms. The number of hydrogen-bond donors (Lipinski definition) is 3. The van der Waals surface area contributed by atoms with Gasteiger partial charge in [-0.05, 0) is 48.9 Å². The van der Waals surface area contributed by atoms with Gasteiger partial charge in [-0.3, -0.25) is 4.90 Å². The van der Waals surface area contributed by atoms with Crippen LogP contribution in [0.25, 0.3) is 0 Å². The molecule has 4 amide bonds. The molecule has 6 nitrogen and oxygen atoms in total. The maximum Gasteiger partial charge on any atom is 0.323 e. The summed E-state index contributed by atoms with van der Waals surface area (Å²) in [6.45, 7) is 1.40. The maximum atomic E-state index is 12.0. The van der Waals surface area contributed by atoms with Crippen molar-refractivity contribution in [1.82, 2.24) is 5.32 Å². The fourth-order valence-electron chi connectivity index (χ4n) is 2.46. The minimum atomic E-state index is -0.360. The Labute approximate surface area is 144 Å². The van der Waals surface area contributed by atoms with Crippen LogP contribution in [0.3, 0.4) is 0 Å². The number of halogens is 1. The minimum absolute atomic E-state index is 0.0966. The largest absolute Gasteiger partial charge is 0.338 e. The first kappa shape index (κ1) is 16.1. The average Bonchev–Trinajstić information content (AvgIpc) is 2.56. The summed E-state index contributed by atoms with van der Waals surface area (Å²) in [7, 11) is 0. The number of amides is 4. The molecule has 1 fully saturated rings. The van der Waals surface area contributed by atoms with E-state index in [0.29, 0.717) is 29.5 Å². The Bertz CT molecular complexity index is 749. The molecule has 3 rings (SSSR count). The summed E-state index contributed by atoms with van der Waals surface area (Å²) in [5.41, 5.74) is 2.05. The van der Waals surface area contributed by atoms with Crippen LogP contribution in [0.2, 0.25) is 5.02 Å². The molecule has 0 unspecified atom stereocenters. The number of benzene rings is 2. The van der Waals surface area contributed by atoms with E-state index in [1.807, 2.05) is 0 Å². The molecule has 0 aromatic heterocycles. The smallest absolute Gasteiger partial charge is 0.323 e. The van der Waals surface area contributed by atoms with Gasteiger partial charge in [-0.2, -0.15) is 0 Å². The molecule has 1 aliphatic rings. The zero-order valence-corrected chi connectivity index (χ0v) is 13.6. The van der Waals surface area contributed by atoms with Gasteiger partial charge in [-0.1, -0.05) is 17.7 Å². The number of hydrogen-bond acceptors (Lipinski definition) is 2. The standard InChI is InChI=1S/C17H17ClN4O2/c18-12-3-1-4-14(11-12)21-16(23)20-13-5-7-15(8-6-13)22-10-2-9-19-17(22)24/h1,3-8,11H,2,9-10H2,(H,19,24)(H2,20,21,23). The normalized spacial score (nSPS) is 14.0. The number of carbonyl (C=O) groups excluding carboxylic acids is 2. The van der Waals surface area contributed by atoms with Crippen molar-refractivity contribution in [3.63, 3.8) is 0 Å². The summed E-state index contributed by atoms with van der Waals surface area (Å²) < 4.78 is 0. The molecule has 1 heterocycles. The molecule has 24 heavy (non-hydrogen) atoms. The van der Waals surface area contributed by atoms with Gasteiger partial charge in [-0.15, -0.1) is 0 Å². The highest BCUT2D eigenvalue weighted by molar-refractivity contribution is 6.30. The van der Waals surface area contributed by atoms with Gasteiger partial charge in [0.2, 0.25) is 0 Å². The van der Waals surface area contributed by atoms with Gasteiger partial charge < -0.3 is 16.0 Å². The number of nitrogens with zero attached hydrogens (tertiary/aromatic N) is 1. The lowest BCUT2D eigenvalue weighted by molar-refractivity contribution is 0.243. The Hall–Kier alpha value is -2.73. The van der Waals surface area contributed by atoms with Gasteiger partial charge >= 0.3 is 12.1 Å². The lowest BCUT2D eigenvalue weighted by atomic mass is 10.2. The van der Waals surface area contributed by atoms with Crippen LogP contribution in [-0.2, 0) is 0 Å². The van der Waals surface area contributed by atoms with Gasteiger partial charge in [0.15, 0.2) is 0 Å². The van der Waals surface area contributed by atoms with Crippen LogP contribution in [0.1, 0.15) is 6.42 Å². The van der Waals surface area contributed by atoms with Crippen LogP contribution < -0.4 is 20.9 Å². The zero-order chi connectivity index (χ0) is 16.9. The van der Waals surface area contributed by atoms with Crippen LogP contribution in [0.5, 0.6) is 0 Å². The van der Waals surface area contributed by atoms with E-state index >= 15 is 0 Å². The molecule has 0 saturated carbocycles. The highest BCUT2D eigenvalue weighted by Gasteiger charge is 2.18. The molecule has 3 N–H and O–H groups in total. The van der Waals surface area contributed by atoms with Crippen molar-refractivity contribution >= 4 is 40.7 Å². The monoisotopic (exact) mass is 344 g/mol. The van der Waals surface area contributed by atoms with Crippen molar-refractivity contribution < 1.29 is 9.59 Å². The van der Waals surface area contributed by atoms with E-state index in [9.17, 15) is 9.59 Å². The second-order valence-corrected chi connectivity index (χ2v) is 5.81. The summed E-state index contributed by atoms with van der Waals surface area (Å²) in [4.78, 5) is 25.5. The number of carbonyl (C=O) groups is 2. The van der Waals surface area contributed by atoms with Crippen LogP contribution in [-0.4, -0.2) is 25.2 Å². The Balaban J connectivity index is 1.61. The summed E-state index contributed by atoms with van der Waals surface area (Å²) >= 11 is 5.88. The zero-order valence-electron chi connectivity index (χ0n) is 12.9. The van der Waals surface area contributed by atoms with Crippen molar-refractivity contribution in [2.24, 2.45) is 0 Å². The molecular weight excluding hydrogens is 328 g/mol. The Kier molecular flexibility index (Phi) is 4.86. The first-order chi connectivity index (χ1) is 11.6. The van der Waals surface area contributed by atoms with Crippen molar-refractivity contribution in [2.75, 3.05) is 28.6 Å². The molecule has 0 radical (unpaired) electrons. The van der Waals surface area contributed by atoms with Crippen LogP contribution in [0.4, 0.5) is 26.7 Å². The first-order valence-electron chi connectivity index (χ1n) is 7.61. The topological polar surface area (TPSA) is 73.5 Å². The third-order valence-electron chi connectivity index (χ3n) is 3.60. The van der Waals surface area contributed by atoms with E-state index < -0.39 is 0 Å². The van der Waals surface area contributed by atoms with Crippen molar-refractivity contribution in [3.05, 3.63) is 53.6 Å². The molecule has 124 valence electrons. The van der Waals surface area contributed by atoms with E-state index in [1.54, 1.807) is 53.4 Å².